The molecule has 0 aliphatic rings. The quantitative estimate of drug-likeness (QED) is 0.353. The minimum absolute atomic E-state index is 0.367. The average Bonchev–Trinajstić information content (AvgIpc) is 2.06. The molecule has 1 rings (SSSR count). The van der Waals surface area contributed by atoms with E-state index in [1.807, 2.05) is 0 Å². The molecule has 0 heterocycles. The Balaban J connectivity index is 2.78. The molecule has 0 aliphatic carbocycles. The molecule has 1 aromatic rings. The molecular formula is C7H8N2O3. The van der Waals surface area contributed by atoms with Crippen LogP contribution in [0.3, 0.4) is 0 Å². The third-order valence-electron chi connectivity index (χ3n) is 1.38. The number of nitroso groups, excluding NO2 is 1. The summed E-state index contributed by atoms with van der Waals surface area (Å²) in [6.07, 6.45) is -1.48. The largest absolute Gasteiger partial charge is 0.364 e. The normalized spacial score (nSPS) is 9.92. The Morgan fingerprint density at radius 2 is 1.83 bits per heavy atom. The molecule has 0 amide bonds. The van der Waals surface area contributed by atoms with E-state index in [0.29, 0.717) is 11.3 Å². The predicted octanol–water partition coefficient (Wildman–Crippen LogP) is 0.763. The Morgan fingerprint density at radius 3 is 2.25 bits per heavy atom. The maximum absolute atomic E-state index is 9.73. The Bertz CT molecular complexity index is 258. The van der Waals surface area contributed by atoms with Gasteiger partial charge in [-0.2, -0.15) is 0 Å². The summed E-state index contributed by atoms with van der Waals surface area (Å²) in [5.41, 5.74) is 3.06. The smallest absolute Gasteiger partial charge is 0.178 e. The molecule has 0 unspecified atom stereocenters. The van der Waals surface area contributed by atoms with E-state index >= 15 is 0 Å². The first-order valence-electron chi connectivity index (χ1n) is 3.28. The molecule has 0 bridgehead atoms. The van der Waals surface area contributed by atoms with Gasteiger partial charge in [-0.25, -0.2) is 5.43 Å². The Morgan fingerprint density at radius 1 is 1.25 bits per heavy atom. The van der Waals surface area contributed by atoms with Crippen LogP contribution < -0.4 is 5.43 Å². The fraction of sp³-hybridized carbons (Fsp3) is 0.143. The van der Waals surface area contributed by atoms with E-state index in [1.165, 1.54) is 24.3 Å². The van der Waals surface area contributed by atoms with Crippen molar-refractivity contribution in [1.29, 1.82) is 0 Å². The Hall–Kier alpha value is -1.46. The summed E-state index contributed by atoms with van der Waals surface area (Å²) in [7, 11) is 0. The van der Waals surface area contributed by atoms with Gasteiger partial charge in [0.05, 0.1) is 11.0 Å². The predicted molar refractivity (Wildman–Crippen MR) is 43.0 cm³/mol. The lowest BCUT2D eigenvalue weighted by Gasteiger charge is -2.03. The topological polar surface area (TPSA) is 81.9 Å². The molecule has 0 aromatic heterocycles. The second kappa shape index (κ2) is 3.80. The molecular weight excluding hydrogens is 160 g/mol. The van der Waals surface area contributed by atoms with Gasteiger partial charge in [0, 0.05) is 5.56 Å². The molecule has 3 N–H and O–H groups in total. The van der Waals surface area contributed by atoms with Crippen LogP contribution in [0.5, 0.6) is 0 Å². The van der Waals surface area contributed by atoms with Crippen LogP contribution in [-0.2, 0) is 0 Å². The molecule has 0 saturated heterocycles. The van der Waals surface area contributed by atoms with Crippen molar-refractivity contribution < 1.29 is 10.2 Å². The molecule has 0 atom stereocenters. The summed E-state index contributed by atoms with van der Waals surface area (Å²) < 4.78 is 0. The summed E-state index contributed by atoms with van der Waals surface area (Å²) in [4.78, 5) is 9.73. The maximum atomic E-state index is 9.73. The summed E-state index contributed by atoms with van der Waals surface area (Å²) in [6, 6.07) is 6.02. The monoisotopic (exact) mass is 168 g/mol. The Kier molecular flexibility index (Phi) is 2.73. The van der Waals surface area contributed by atoms with Gasteiger partial charge in [0.2, 0.25) is 0 Å². The number of benzene rings is 1. The Labute approximate surface area is 68.6 Å². The number of nitrogens with zero attached hydrogens (tertiary/aromatic N) is 1. The lowest BCUT2D eigenvalue weighted by atomic mass is 10.2. The first-order chi connectivity index (χ1) is 5.74. The van der Waals surface area contributed by atoms with Gasteiger partial charge in [-0.1, -0.05) is 12.1 Å². The number of nitrogens with one attached hydrogen (secondary N) is 1. The van der Waals surface area contributed by atoms with Crippen molar-refractivity contribution in [2.45, 2.75) is 6.29 Å². The van der Waals surface area contributed by atoms with Gasteiger partial charge < -0.3 is 10.2 Å². The zero-order valence-electron chi connectivity index (χ0n) is 6.14. The molecule has 5 heteroatoms. The van der Waals surface area contributed by atoms with Crippen LogP contribution in [0, 0.1) is 4.91 Å². The van der Waals surface area contributed by atoms with E-state index in [2.05, 4.69) is 10.7 Å². The van der Waals surface area contributed by atoms with Crippen LogP contribution in [0.4, 0.5) is 5.69 Å². The van der Waals surface area contributed by atoms with E-state index in [1.54, 1.807) is 0 Å². The zero-order chi connectivity index (χ0) is 8.97. The molecule has 0 aliphatic heterocycles. The molecule has 12 heavy (non-hydrogen) atoms. The number of hydrogen-bond acceptors (Lipinski definition) is 4. The van der Waals surface area contributed by atoms with Gasteiger partial charge in [0.15, 0.2) is 6.29 Å². The van der Waals surface area contributed by atoms with E-state index in [9.17, 15) is 4.91 Å². The molecule has 0 saturated carbocycles. The fourth-order valence-electron chi connectivity index (χ4n) is 0.782. The highest BCUT2D eigenvalue weighted by atomic mass is 16.5. The van der Waals surface area contributed by atoms with Crippen LogP contribution in [0.1, 0.15) is 11.9 Å². The van der Waals surface area contributed by atoms with Gasteiger partial charge in [0.25, 0.3) is 0 Å². The average molecular weight is 168 g/mol. The first kappa shape index (κ1) is 8.63. The fourth-order valence-corrected chi connectivity index (χ4v) is 0.782. The van der Waals surface area contributed by atoms with Crippen molar-refractivity contribution in [2.24, 2.45) is 5.29 Å². The maximum Gasteiger partial charge on any atom is 0.178 e. The molecule has 1 aromatic carbocycles. The third-order valence-corrected chi connectivity index (χ3v) is 1.38. The van der Waals surface area contributed by atoms with Crippen molar-refractivity contribution in [2.75, 3.05) is 5.43 Å². The van der Waals surface area contributed by atoms with E-state index in [-0.39, 0.29) is 0 Å². The number of hydrogen-bond donors (Lipinski definition) is 3. The van der Waals surface area contributed by atoms with Crippen molar-refractivity contribution in [3.63, 3.8) is 0 Å². The summed E-state index contributed by atoms with van der Waals surface area (Å²) >= 11 is 0. The van der Waals surface area contributed by atoms with Crippen molar-refractivity contribution in [3.05, 3.63) is 34.7 Å². The summed E-state index contributed by atoms with van der Waals surface area (Å²) in [6.45, 7) is 0. The zero-order valence-corrected chi connectivity index (χ0v) is 6.14. The standard InChI is InChI=1S/C7H8N2O3/c10-7(11)5-1-3-6(4-2-5)8-9-12/h1-4,7,10-11H,(H,8,12). The van der Waals surface area contributed by atoms with E-state index in [4.69, 9.17) is 10.2 Å². The SMILES string of the molecule is O=NNc1ccc(C(O)O)cc1. The molecule has 64 valence electrons. The first-order valence-corrected chi connectivity index (χ1v) is 3.28. The lowest BCUT2D eigenvalue weighted by molar-refractivity contribution is -0.0424. The number of aliphatic hydroxyl groups is 2. The molecule has 0 spiro atoms. The van der Waals surface area contributed by atoms with Crippen LogP contribution in [-0.4, -0.2) is 10.2 Å². The number of aliphatic hydroxyl groups excluding tert-OH is 1. The summed E-state index contributed by atoms with van der Waals surface area (Å²) in [5, 5.41) is 19.8. The van der Waals surface area contributed by atoms with Gasteiger partial charge in [-0.3, -0.25) is 0 Å². The lowest BCUT2D eigenvalue weighted by Crippen LogP contribution is -1.94. The minimum Gasteiger partial charge on any atom is -0.364 e. The van der Waals surface area contributed by atoms with Crippen LogP contribution in [0.25, 0.3) is 0 Å². The van der Waals surface area contributed by atoms with Crippen molar-refractivity contribution in [3.8, 4) is 0 Å². The number of anilines is 1. The highest BCUT2D eigenvalue weighted by molar-refractivity contribution is 5.43. The highest BCUT2D eigenvalue weighted by Gasteiger charge is 2.00. The van der Waals surface area contributed by atoms with Crippen LogP contribution >= 0.6 is 0 Å². The van der Waals surface area contributed by atoms with Crippen molar-refractivity contribution >= 4 is 5.69 Å². The number of rotatable bonds is 3. The second-order valence-electron chi connectivity index (χ2n) is 2.20. The van der Waals surface area contributed by atoms with Gasteiger partial charge in [0.1, 0.15) is 0 Å². The van der Waals surface area contributed by atoms with Crippen LogP contribution in [0.2, 0.25) is 0 Å². The van der Waals surface area contributed by atoms with Gasteiger partial charge in [-0.15, -0.1) is 4.91 Å². The second-order valence-corrected chi connectivity index (χ2v) is 2.20. The van der Waals surface area contributed by atoms with E-state index in [0.717, 1.165) is 0 Å². The van der Waals surface area contributed by atoms with Gasteiger partial charge >= 0.3 is 0 Å². The highest BCUT2D eigenvalue weighted by Crippen LogP contribution is 2.13. The molecule has 5 nitrogen and oxygen atoms in total. The van der Waals surface area contributed by atoms with Gasteiger partial charge in [-0.05, 0) is 12.1 Å². The summed E-state index contributed by atoms with van der Waals surface area (Å²) in [5.74, 6) is 0. The molecule has 0 radical (unpaired) electrons. The van der Waals surface area contributed by atoms with Crippen LogP contribution in [0.15, 0.2) is 29.6 Å². The molecule has 0 fully saturated rings. The van der Waals surface area contributed by atoms with Crippen molar-refractivity contribution in [1.82, 2.24) is 0 Å². The van der Waals surface area contributed by atoms with E-state index < -0.39 is 6.29 Å². The third kappa shape index (κ3) is 2.01. The minimum atomic E-state index is -1.48.